The van der Waals surface area contributed by atoms with Crippen LogP contribution in [0.25, 0.3) is 11.0 Å². The molecule has 3 rings (SSSR count). The van der Waals surface area contributed by atoms with Crippen molar-refractivity contribution < 1.29 is 19.1 Å². The van der Waals surface area contributed by atoms with Crippen molar-refractivity contribution in [1.29, 1.82) is 0 Å². The van der Waals surface area contributed by atoms with E-state index in [0.717, 1.165) is 5.56 Å². The van der Waals surface area contributed by atoms with E-state index in [4.69, 9.17) is 20.8 Å². The monoisotopic (exact) mass is 315 g/mol. The Balaban J connectivity index is 1.88. The standard InChI is InChI=1S/C17H13ClO4/c1-10-16(17(19)20)14-8-13(5-6-15(14)22-10)21-9-11-3-2-4-12(18)7-11/h2-8H,9H2,1H3,(H,19,20)/p-1. The van der Waals surface area contributed by atoms with Crippen molar-refractivity contribution in [3.63, 3.8) is 0 Å². The molecule has 0 aliphatic rings. The molecule has 0 saturated carbocycles. The highest BCUT2D eigenvalue weighted by Crippen LogP contribution is 2.29. The first-order chi connectivity index (χ1) is 10.5. The predicted octanol–water partition coefficient (Wildman–Crippen LogP) is 3.34. The molecule has 5 heteroatoms. The molecule has 22 heavy (non-hydrogen) atoms. The maximum atomic E-state index is 11.2. The van der Waals surface area contributed by atoms with Gasteiger partial charge in [-0.25, -0.2) is 0 Å². The van der Waals surface area contributed by atoms with Gasteiger partial charge in [-0.2, -0.15) is 0 Å². The van der Waals surface area contributed by atoms with Crippen molar-refractivity contribution in [3.05, 3.63) is 64.4 Å². The van der Waals surface area contributed by atoms with E-state index in [2.05, 4.69) is 0 Å². The van der Waals surface area contributed by atoms with Crippen molar-refractivity contribution in [3.8, 4) is 5.75 Å². The fraction of sp³-hybridized carbons (Fsp3) is 0.118. The third-order valence-electron chi connectivity index (χ3n) is 3.33. The van der Waals surface area contributed by atoms with E-state index >= 15 is 0 Å². The van der Waals surface area contributed by atoms with Crippen LogP contribution in [0.3, 0.4) is 0 Å². The van der Waals surface area contributed by atoms with Crippen LogP contribution in [-0.2, 0) is 6.61 Å². The van der Waals surface area contributed by atoms with Crippen molar-refractivity contribution in [2.45, 2.75) is 13.5 Å². The molecule has 0 unspecified atom stereocenters. The predicted molar refractivity (Wildman–Crippen MR) is 81.1 cm³/mol. The SMILES string of the molecule is Cc1oc2ccc(OCc3cccc(Cl)c3)cc2c1C(=O)[O-]. The van der Waals surface area contributed by atoms with Crippen LogP contribution in [0.4, 0.5) is 0 Å². The van der Waals surface area contributed by atoms with E-state index in [9.17, 15) is 9.90 Å². The number of rotatable bonds is 4. The number of fused-ring (bicyclic) bond motifs is 1. The number of halogens is 1. The quantitative estimate of drug-likeness (QED) is 0.741. The van der Waals surface area contributed by atoms with Crippen LogP contribution in [-0.4, -0.2) is 5.97 Å². The molecule has 112 valence electrons. The Morgan fingerprint density at radius 3 is 2.82 bits per heavy atom. The lowest BCUT2D eigenvalue weighted by molar-refractivity contribution is -0.254. The molecule has 0 bridgehead atoms. The van der Waals surface area contributed by atoms with Crippen LogP contribution in [0.2, 0.25) is 5.02 Å². The van der Waals surface area contributed by atoms with Crippen LogP contribution in [0.5, 0.6) is 5.75 Å². The molecule has 0 fully saturated rings. The number of ether oxygens (including phenoxy) is 1. The highest BCUT2D eigenvalue weighted by Gasteiger charge is 2.12. The lowest BCUT2D eigenvalue weighted by atomic mass is 10.1. The van der Waals surface area contributed by atoms with Gasteiger partial charge in [-0.05, 0) is 42.8 Å². The summed E-state index contributed by atoms with van der Waals surface area (Å²) in [5, 5.41) is 12.3. The van der Waals surface area contributed by atoms with Gasteiger partial charge in [0, 0.05) is 16.0 Å². The third kappa shape index (κ3) is 2.78. The van der Waals surface area contributed by atoms with Crippen LogP contribution >= 0.6 is 11.6 Å². The fourth-order valence-corrected chi connectivity index (χ4v) is 2.55. The zero-order valence-corrected chi connectivity index (χ0v) is 12.5. The zero-order chi connectivity index (χ0) is 15.7. The molecule has 0 radical (unpaired) electrons. The molecule has 0 saturated heterocycles. The molecular weight excluding hydrogens is 304 g/mol. The van der Waals surface area contributed by atoms with Crippen LogP contribution in [0.1, 0.15) is 21.7 Å². The summed E-state index contributed by atoms with van der Waals surface area (Å²) < 4.78 is 11.1. The van der Waals surface area contributed by atoms with Gasteiger partial charge in [0.05, 0.1) is 5.97 Å². The minimum atomic E-state index is -1.26. The second kappa shape index (κ2) is 5.73. The number of aromatic carboxylic acids is 1. The highest BCUT2D eigenvalue weighted by molar-refractivity contribution is 6.30. The van der Waals surface area contributed by atoms with Crippen LogP contribution in [0.15, 0.2) is 46.9 Å². The van der Waals surface area contributed by atoms with E-state index in [1.807, 2.05) is 18.2 Å². The minimum Gasteiger partial charge on any atom is -0.545 e. The summed E-state index contributed by atoms with van der Waals surface area (Å²) in [6.07, 6.45) is 0. The third-order valence-corrected chi connectivity index (χ3v) is 3.57. The van der Waals surface area contributed by atoms with Gasteiger partial charge in [0.1, 0.15) is 23.7 Å². The Bertz CT molecular complexity index is 851. The molecule has 0 N–H and O–H groups in total. The summed E-state index contributed by atoms with van der Waals surface area (Å²) in [6.45, 7) is 1.93. The van der Waals surface area contributed by atoms with Gasteiger partial charge in [-0.1, -0.05) is 23.7 Å². The second-order valence-corrected chi connectivity index (χ2v) is 5.33. The summed E-state index contributed by atoms with van der Waals surface area (Å²) in [5.41, 5.74) is 1.48. The van der Waals surface area contributed by atoms with Gasteiger partial charge in [0.25, 0.3) is 0 Å². The van der Waals surface area contributed by atoms with Gasteiger partial charge in [-0.15, -0.1) is 0 Å². The summed E-state index contributed by atoms with van der Waals surface area (Å²) in [7, 11) is 0. The first kappa shape index (κ1) is 14.5. The number of carboxylic acids is 1. The average molecular weight is 316 g/mol. The Morgan fingerprint density at radius 2 is 2.09 bits per heavy atom. The maximum absolute atomic E-state index is 11.2. The molecule has 0 spiro atoms. The molecule has 4 nitrogen and oxygen atoms in total. The maximum Gasteiger partial charge on any atom is 0.135 e. The molecule has 1 aromatic heterocycles. The first-order valence-electron chi connectivity index (χ1n) is 6.66. The van der Waals surface area contributed by atoms with E-state index in [-0.39, 0.29) is 5.56 Å². The van der Waals surface area contributed by atoms with Gasteiger partial charge in [0.15, 0.2) is 0 Å². The van der Waals surface area contributed by atoms with Crippen LogP contribution in [0, 0.1) is 6.92 Å². The summed E-state index contributed by atoms with van der Waals surface area (Å²) in [4.78, 5) is 11.2. The second-order valence-electron chi connectivity index (χ2n) is 4.90. The molecule has 0 aliphatic heterocycles. The van der Waals surface area contributed by atoms with Crippen molar-refractivity contribution in [2.24, 2.45) is 0 Å². The number of carbonyl (C=O) groups is 1. The van der Waals surface area contributed by atoms with E-state index in [0.29, 0.717) is 34.1 Å². The Morgan fingerprint density at radius 1 is 1.27 bits per heavy atom. The number of aryl methyl sites for hydroxylation is 1. The molecule has 0 atom stereocenters. The molecule has 0 aliphatic carbocycles. The minimum absolute atomic E-state index is 0.0585. The summed E-state index contributed by atoms with van der Waals surface area (Å²) in [5.74, 6) is -0.388. The summed E-state index contributed by atoms with van der Waals surface area (Å²) >= 11 is 5.92. The smallest absolute Gasteiger partial charge is 0.135 e. The van der Waals surface area contributed by atoms with Gasteiger partial charge >= 0.3 is 0 Å². The fourth-order valence-electron chi connectivity index (χ4n) is 2.34. The zero-order valence-electron chi connectivity index (χ0n) is 11.8. The lowest BCUT2D eigenvalue weighted by Crippen LogP contribution is -2.22. The number of furan rings is 1. The van der Waals surface area contributed by atoms with Crippen molar-refractivity contribution in [2.75, 3.05) is 0 Å². The average Bonchev–Trinajstić information content (AvgIpc) is 2.80. The van der Waals surface area contributed by atoms with Crippen LogP contribution < -0.4 is 9.84 Å². The molecule has 2 aromatic carbocycles. The van der Waals surface area contributed by atoms with Gasteiger partial charge in [0.2, 0.25) is 0 Å². The highest BCUT2D eigenvalue weighted by atomic mass is 35.5. The molecular formula is C17H12ClO4-. The Labute approximate surface area is 131 Å². The van der Waals surface area contributed by atoms with E-state index < -0.39 is 5.97 Å². The van der Waals surface area contributed by atoms with E-state index in [1.165, 1.54) is 0 Å². The number of hydrogen-bond acceptors (Lipinski definition) is 4. The van der Waals surface area contributed by atoms with Gasteiger partial charge < -0.3 is 19.1 Å². The Kier molecular flexibility index (Phi) is 3.77. The molecule has 0 amide bonds. The first-order valence-corrected chi connectivity index (χ1v) is 7.04. The topological polar surface area (TPSA) is 62.5 Å². The lowest BCUT2D eigenvalue weighted by Gasteiger charge is -2.07. The van der Waals surface area contributed by atoms with Gasteiger partial charge in [-0.3, -0.25) is 0 Å². The Hall–Kier alpha value is -2.46. The number of carbonyl (C=O) groups excluding carboxylic acids is 1. The van der Waals surface area contributed by atoms with Crippen molar-refractivity contribution in [1.82, 2.24) is 0 Å². The number of carboxylic acid groups (broad SMARTS) is 1. The molecule has 3 aromatic rings. The summed E-state index contributed by atoms with van der Waals surface area (Å²) in [6, 6.07) is 12.4. The largest absolute Gasteiger partial charge is 0.545 e. The number of hydrogen-bond donors (Lipinski definition) is 0. The normalized spacial score (nSPS) is 10.8. The van der Waals surface area contributed by atoms with E-state index in [1.54, 1.807) is 31.2 Å². The molecule has 1 heterocycles. The number of benzene rings is 2. The van der Waals surface area contributed by atoms with Crippen molar-refractivity contribution >= 4 is 28.5 Å².